The SMILES string of the molecule is CS(=O)(=O)N1CCCC(NC(=O)c2cnn3cccnc23)C1. The highest BCUT2D eigenvalue weighted by atomic mass is 32.2. The molecule has 0 radical (unpaired) electrons. The van der Waals surface area contributed by atoms with Gasteiger partial charge in [0.05, 0.1) is 12.5 Å². The van der Waals surface area contributed by atoms with Crippen molar-refractivity contribution in [3.63, 3.8) is 0 Å². The molecule has 1 unspecified atom stereocenters. The van der Waals surface area contributed by atoms with E-state index >= 15 is 0 Å². The summed E-state index contributed by atoms with van der Waals surface area (Å²) in [7, 11) is -3.23. The van der Waals surface area contributed by atoms with E-state index < -0.39 is 10.0 Å². The second kappa shape index (κ2) is 5.65. The zero-order valence-electron chi connectivity index (χ0n) is 12.1. The van der Waals surface area contributed by atoms with E-state index in [0.29, 0.717) is 24.3 Å². The molecule has 8 nitrogen and oxygen atoms in total. The topological polar surface area (TPSA) is 96.7 Å². The molecule has 0 saturated carbocycles. The zero-order valence-corrected chi connectivity index (χ0v) is 13.0. The maximum absolute atomic E-state index is 12.4. The Balaban J connectivity index is 1.74. The van der Waals surface area contributed by atoms with Crippen molar-refractivity contribution >= 4 is 21.6 Å². The van der Waals surface area contributed by atoms with E-state index in [4.69, 9.17) is 0 Å². The van der Waals surface area contributed by atoms with Crippen LogP contribution >= 0.6 is 0 Å². The number of amides is 1. The van der Waals surface area contributed by atoms with Gasteiger partial charge in [0.15, 0.2) is 5.65 Å². The summed E-state index contributed by atoms with van der Waals surface area (Å²) in [6.07, 6.45) is 7.45. The molecule has 1 N–H and O–H groups in total. The molecule has 1 amide bonds. The molecule has 3 rings (SSSR count). The third kappa shape index (κ3) is 2.95. The molecule has 2 aromatic heterocycles. The fourth-order valence-electron chi connectivity index (χ4n) is 2.61. The molecule has 1 saturated heterocycles. The van der Waals surface area contributed by atoms with E-state index in [1.807, 2.05) is 0 Å². The molecule has 1 fully saturated rings. The van der Waals surface area contributed by atoms with Gasteiger partial charge in [-0.05, 0) is 18.9 Å². The Hall–Kier alpha value is -2.00. The van der Waals surface area contributed by atoms with Gasteiger partial charge in [-0.15, -0.1) is 0 Å². The van der Waals surface area contributed by atoms with Gasteiger partial charge >= 0.3 is 0 Å². The minimum absolute atomic E-state index is 0.199. The van der Waals surface area contributed by atoms with Crippen LogP contribution < -0.4 is 5.32 Å². The van der Waals surface area contributed by atoms with E-state index in [0.717, 1.165) is 12.8 Å². The van der Waals surface area contributed by atoms with Crippen molar-refractivity contribution < 1.29 is 13.2 Å². The quantitative estimate of drug-likeness (QED) is 0.849. The Kier molecular flexibility index (Phi) is 3.83. The lowest BCUT2D eigenvalue weighted by molar-refractivity contribution is 0.0923. The molecule has 0 spiro atoms. The minimum atomic E-state index is -3.23. The summed E-state index contributed by atoms with van der Waals surface area (Å²) >= 11 is 0. The van der Waals surface area contributed by atoms with Gasteiger partial charge in [-0.1, -0.05) is 0 Å². The van der Waals surface area contributed by atoms with E-state index in [1.165, 1.54) is 21.3 Å². The van der Waals surface area contributed by atoms with Crippen LogP contribution in [-0.2, 0) is 10.0 Å². The number of carbonyl (C=O) groups is 1. The van der Waals surface area contributed by atoms with Crippen molar-refractivity contribution in [2.75, 3.05) is 19.3 Å². The largest absolute Gasteiger partial charge is 0.348 e. The van der Waals surface area contributed by atoms with E-state index in [2.05, 4.69) is 15.4 Å². The number of nitrogens with zero attached hydrogens (tertiary/aromatic N) is 4. The van der Waals surface area contributed by atoms with Crippen LogP contribution in [0.25, 0.3) is 5.65 Å². The van der Waals surface area contributed by atoms with Gasteiger partial charge in [-0.3, -0.25) is 4.79 Å². The number of piperidine rings is 1. The average Bonchev–Trinajstić information content (AvgIpc) is 2.90. The van der Waals surface area contributed by atoms with Crippen LogP contribution in [0.4, 0.5) is 0 Å². The lowest BCUT2D eigenvalue weighted by Crippen LogP contribution is -2.49. The Morgan fingerprint density at radius 1 is 1.45 bits per heavy atom. The van der Waals surface area contributed by atoms with E-state index in [1.54, 1.807) is 18.5 Å². The summed E-state index contributed by atoms with van der Waals surface area (Å²) < 4.78 is 26.1. The number of carbonyl (C=O) groups excluding carboxylic acids is 1. The van der Waals surface area contributed by atoms with Gasteiger partial charge in [-0.25, -0.2) is 22.2 Å². The summed E-state index contributed by atoms with van der Waals surface area (Å²) in [5.41, 5.74) is 0.868. The lowest BCUT2D eigenvalue weighted by Gasteiger charge is -2.31. The average molecular weight is 323 g/mol. The van der Waals surface area contributed by atoms with Crippen LogP contribution in [0.5, 0.6) is 0 Å². The smallest absolute Gasteiger partial charge is 0.257 e. The number of aromatic nitrogens is 3. The molecule has 0 aliphatic carbocycles. The molecule has 1 aliphatic rings. The minimum Gasteiger partial charge on any atom is -0.348 e. The van der Waals surface area contributed by atoms with Crippen LogP contribution in [-0.4, -0.2) is 58.6 Å². The third-order valence-electron chi connectivity index (χ3n) is 3.71. The molecular formula is C13H17N5O3S. The molecule has 1 atom stereocenters. The van der Waals surface area contributed by atoms with Gasteiger partial charge in [0.1, 0.15) is 5.56 Å². The number of nitrogens with one attached hydrogen (secondary N) is 1. The van der Waals surface area contributed by atoms with Crippen molar-refractivity contribution in [3.05, 3.63) is 30.2 Å². The molecule has 9 heteroatoms. The number of rotatable bonds is 3. The summed E-state index contributed by atoms with van der Waals surface area (Å²) in [5.74, 6) is -0.283. The molecule has 22 heavy (non-hydrogen) atoms. The third-order valence-corrected chi connectivity index (χ3v) is 4.98. The first-order valence-corrected chi connectivity index (χ1v) is 8.84. The fraction of sp³-hybridized carbons (Fsp3) is 0.462. The van der Waals surface area contributed by atoms with E-state index in [-0.39, 0.29) is 11.9 Å². The van der Waals surface area contributed by atoms with Crippen LogP contribution in [0.3, 0.4) is 0 Å². The van der Waals surface area contributed by atoms with E-state index in [9.17, 15) is 13.2 Å². The Morgan fingerprint density at radius 3 is 3.05 bits per heavy atom. The number of sulfonamides is 1. The van der Waals surface area contributed by atoms with Crippen LogP contribution in [0.1, 0.15) is 23.2 Å². The highest BCUT2D eigenvalue weighted by Gasteiger charge is 2.27. The van der Waals surface area contributed by atoms with Crippen LogP contribution in [0.15, 0.2) is 24.7 Å². The summed E-state index contributed by atoms with van der Waals surface area (Å²) in [6, 6.07) is 1.53. The normalized spacial score (nSPS) is 20.1. The Morgan fingerprint density at radius 2 is 2.27 bits per heavy atom. The van der Waals surface area contributed by atoms with Gasteiger partial charge in [0, 0.05) is 31.5 Å². The van der Waals surface area contributed by atoms with Crippen molar-refractivity contribution in [1.29, 1.82) is 0 Å². The summed E-state index contributed by atoms with van der Waals surface area (Å²) in [5, 5.41) is 6.95. The van der Waals surface area contributed by atoms with Gasteiger partial charge in [0.25, 0.3) is 5.91 Å². The van der Waals surface area contributed by atoms with Crippen LogP contribution in [0, 0.1) is 0 Å². The monoisotopic (exact) mass is 323 g/mol. The molecule has 118 valence electrons. The van der Waals surface area contributed by atoms with Crippen molar-refractivity contribution in [3.8, 4) is 0 Å². The van der Waals surface area contributed by atoms with Gasteiger partial charge in [0.2, 0.25) is 10.0 Å². The first-order chi connectivity index (χ1) is 10.4. The summed E-state index contributed by atoms with van der Waals surface area (Å²) in [4.78, 5) is 16.5. The number of hydrogen-bond donors (Lipinski definition) is 1. The predicted octanol–water partition coefficient (Wildman–Crippen LogP) is -0.117. The van der Waals surface area contributed by atoms with Crippen molar-refractivity contribution in [2.24, 2.45) is 0 Å². The first kappa shape index (κ1) is 14.9. The standard InChI is InChI=1S/C13H17N5O3S/c1-22(20,21)17-6-2-4-10(9-17)16-13(19)11-8-15-18-7-3-5-14-12(11)18/h3,5,7-8,10H,2,4,6,9H2,1H3,(H,16,19). The molecule has 3 heterocycles. The molecule has 0 aromatic carbocycles. The second-order valence-corrected chi connectivity index (χ2v) is 7.36. The predicted molar refractivity (Wildman–Crippen MR) is 79.9 cm³/mol. The second-order valence-electron chi connectivity index (χ2n) is 5.38. The Bertz CT molecular complexity index is 801. The lowest BCUT2D eigenvalue weighted by atomic mass is 10.1. The Labute approximate surface area is 128 Å². The molecule has 1 aliphatic heterocycles. The number of fused-ring (bicyclic) bond motifs is 1. The molecule has 0 bridgehead atoms. The van der Waals surface area contributed by atoms with Crippen LogP contribution in [0.2, 0.25) is 0 Å². The zero-order chi connectivity index (χ0) is 15.7. The number of hydrogen-bond acceptors (Lipinski definition) is 5. The molecular weight excluding hydrogens is 306 g/mol. The van der Waals surface area contributed by atoms with Gasteiger partial charge in [-0.2, -0.15) is 5.10 Å². The summed E-state index contributed by atoms with van der Waals surface area (Å²) in [6.45, 7) is 0.806. The fourth-order valence-corrected chi connectivity index (χ4v) is 3.52. The molecule has 2 aromatic rings. The highest BCUT2D eigenvalue weighted by molar-refractivity contribution is 7.88. The maximum Gasteiger partial charge on any atom is 0.257 e. The van der Waals surface area contributed by atoms with Crippen molar-refractivity contribution in [2.45, 2.75) is 18.9 Å². The highest BCUT2D eigenvalue weighted by Crippen LogP contribution is 2.14. The van der Waals surface area contributed by atoms with Gasteiger partial charge < -0.3 is 5.32 Å². The van der Waals surface area contributed by atoms with Crippen molar-refractivity contribution in [1.82, 2.24) is 24.2 Å². The maximum atomic E-state index is 12.4. The first-order valence-electron chi connectivity index (χ1n) is 6.99.